The monoisotopic (exact) mass is 203 g/mol. The molecule has 0 aliphatic heterocycles. The Morgan fingerprint density at radius 2 is 2.40 bits per heavy atom. The highest BCUT2D eigenvalue weighted by atomic mass is 15.2. The molecule has 0 radical (unpaired) electrons. The van der Waals surface area contributed by atoms with Crippen molar-refractivity contribution in [1.29, 1.82) is 0 Å². The van der Waals surface area contributed by atoms with E-state index >= 15 is 0 Å². The summed E-state index contributed by atoms with van der Waals surface area (Å²) < 4.78 is 0. The average Bonchev–Trinajstić information content (AvgIpc) is 2.26. The Kier molecular flexibility index (Phi) is 4.14. The second kappa shape index (κ2) is 5.38. The predicted octanol–water partition coefficient (Wildman–Crippen LogP) is 1.56. The third kappa shape index (κ3) is 2.71. The molecule has 0 spiro atoms. The maximum atomic E-state index is 5.88. The highest BCUT2D eigenvalue weighted by molar-refractivity contribution is 5.49. The Balaban J connectivity index is 3.06. The normalized spacial score (nSPS) is 11.9. The van der Waals surface area contributed by atoms with Crippen LogP contribution < -0.4 is 10.6 Å². The zero-order valence-corrected chi connectivity index (χ0v) is 9.27. The summed E-state index contributed by atoms with van der Waals surface area (Å²) in [5.41, 5.74) is 6.92. The van der Waals surface area contributed by atoms with Gasteiger partial charge in [-0.05, 0) is 19.9 Å². The van der Waals surface area contributed by atoms with Crippen molar-refractivity contribution in [2.75, 3.05) is 18.0 Å². The smallest absolute Gasteiger partial charge is 0.134 e. The molecule has 0 bridgehead atoms. The molecule has 1 aromatic rings. The Labute approximate surface area is 91.3 Å². The fraction of sp³-hybridized carbons (Fsp3) is 0.417. The minimum Gasteiger partial charge on any atom is -0.345 e. The Morgan fingerprint density at radius 3 is 2.93 bits per heavy atom. The summed E-state index contributed by atoms with van der Waals surface area (Å²) in [7, 11) is 0. The van der Waals surface area contributed by atoms with E-state index in [2.05, 4.69) is 17.8 Å². The van der Waals surface area contributed by atoms with Gasteiger partial charge in [-0.3, -0.25) is 0 Å². The molecule has 80 valence electrons. The first-order valence-corrected chi connectivity index (χ1v) is 5.09. The molecule has 15 heavy (non-hydrogen) atoms. The fourth-order valence-corrected chi connectivity index (χ4v) is 1.48. The first-order chi connectivity index (χ1) is 7.20. The van der Waals surface area contributed by atoms with Crippen molar-refractivity contribution in [3.8, 4) is 12.3 Å². The van der Waals surface area contributed by atoms with E-state index in [0.29, 0.717) is 6.54 Å². The van der Waals surface area contributed by atoms with Gasteiger partial charge in [0.1, 0.15) is 5.82 Å². The largest absolute Gasteiger partial charge is 0.345 e. The fourth-order valence-electron chi connectivity index (χ4n) is 1.48. The van der Waals surface area contributed by atoms with Gasteiger partial charge in [-0.15, -0.1) is 6.42 Å². The molecule has 3 nitrogen and oxygen atoms in total. The van der Waals surface area contributed by atoms with Crippen molar-refractivity contribution >= 4 is 5.82 Å². The minimum atomic E-state index is -0.0273. The van der Waals surface area contributed by atoms with Crippen LogP contribution in [0, 0.1) is 12.3 Å². The zero-order chi connectivity index (χ0) is 11.3. The molecule has 3 heteroatoms. The molecule has 0 aliphatic rings. The summed E-state index contributed by atoms with van der Waals surface area (Å²) >= 11 is 0. The van der Waals surface area contributed by atoms with E-state index in [0.717, 1.165) is 17.9 Å². The summed E-state index contributed by atoms with van der Waals surface area (Å²) in [5.74, 6) is 3.52. The molecule has 1 aromatic heterocycles. The van der Waals surface area contributed by atoms with Crippen LogP contribution in [0.15, 0.2) is 18.3 Å². The summed E-state index contributed by atoms with van der Waals surface area (Å²) in [4.78, 5) is 6.38. The van der Waals surface area contributed by atoms with Gasteiger partial charge in [0.05, 0.1) is 6.54 Å². The van der Waals surface area contributed by atoms with Gasteiger partial charge in [0.2, 0.25) is 0 Å². The van der Waals surface area contributed by atoms with E-state index in [1.54, 1.807) is 6.20 Å². The van der Waals surface area contributed by atoms with E-state index in [4.69, 9.17) is 12.2 Å². The molecule has 0 saturated heterocycles. The first kappa shape index (κ1) is 11.5. The summed E-state index contributed by atoms with van der Waals surface area (Å²) in [5, 5.41) is 0. The lowest BCUT2D eigenvalue weighted by atomic mass is 10.1. The van der Waals surface area contributed by atoms with Crippen LogP contribution in [0.25, 0.3) is 0 Å². The van der Waals surface area contributed by atoms with Crippen LogP contribution >= 0.6 is 0 Å². The summed E-state index contributed by atoms with van der Waals surface area (Å²) in [6.07, 6.45) is 7.08. The number of nitrogens with zero attached hydrogens (tertiary/aromatic N) is 2. The van der Waals surface area contributed by atoms with E-state index in [-0.39, 0.29) is 6.04 Å². The van der Waals surface area contributed by atoms with Crippen molar-refractivity contribution < 1.29 is 0 Å². The van der Waals surface area contributed by atoms with Crippen LogP contribution in [0.4, 0.5) is 5.82 Å². The summed E-state index contributed by atoms with van der Waals surface area (Å²) in [6.45, 7) is 5.40. The quantitative estimate of drug-likeness (QED) is 0.755. The molecule has 0 aromatic carbocycles. The molecule has 1 rings (SSSR count). The number of hydrogen-bond acceptors (Lipinski definition) is 3. The molecule has 0 unspecified atom stereocenters. The number of anilines is 1. The van der Waals surface area contributed by atoms with Crippen LogP contribution in [0.5, 0.6) is 0 Å². The van der Waals surface area contributed by atoms with Crippen molar-refractivity contribution in [2.45, 2.75) is 19.9 Å². The van der Waals surface area contributed by atoms with Gasteiger partial charge in [0.25, 0.3) is 0 Å². The predicted molar refractivity (Wildman–Crippen MR) is 63.6 cm³/mol. The minimum absolute atomic E-state index is 0.0273. The Hall–Kier alpha value is -1.53. The summed E-state index contributed by atoms with van der Waals surface area (Å²) in [6, 6.07) is 3.86. The van der Waals surface area contributed by atoms with Gasteiger partial charge in [-0.1, -0.05) is 12.0 Å². The number of rotatable bonds is 4. The van der Waals surface area contributed by atoms with E-state index < -0.39 is 0 Å². The van der Waals surface area contributed by atoms with Crippen LogP contribution in [0.2, 0.25) is 0 Å². The van der Waals surface area contributed by atoms with E-state index in [1.165, 1.54) is 0 Å². The van der Waals surface area contributed by atoms with Crippen LogP contribution in [-0.4, -0.2) is 18.1 Å². The van der Waals surface area contributed by atoms with Gasteiger partial charge in [-0.25, -0.2) is 4.98 Å². The van der Waals surface area contributed by atoms with Crippen molar-refractivity contribution in [2.24, 2.45) is 5.73 Å². The van der Waals surface area contributed by atoms with Crippen LogP contribution in [0.1, 0.15) is 25.5 Å². The Bertz CT molecular complexity index is 352. The maximum Gasteiger partial charge on any atom is 0.134 e. The van der Waals surface area contributed by atoms with Crippen molar-refractivity contribution in [1.82, 2.24) is 4.98 Å². The molecule has 2 N–H and O–H groups in total. The Morgan fingerprint density at radius 1 is 1.67 bits per heavy atom. The lowest BCUT2D eigenvalue weighted by Gasteiger charge is -2.23. The third-order valence-corrected chi connectivity index (χ3v) is 2.27. The number of pyridine rings is 1. The van der Waals surface area contributed by atoms with Crippen molar-refractivity contribution in [3.05, 3.63) is 23.9 Å². The number of terminal acetylenes is 1. The van der Waals surface area contributed by atoms with Gasteiger partial charge in [0.15, 0.2) is 0 Å². The molecule has 1 atom stereocenters. The second-order valence-corrected chi connectivity index (χ2v) is 3.42. The van der Waals surface area contributed by atoms with Crippen LogP contribution in [-0.2, 0) is 0 Å². The van der Waals surface area contributed by atoms with Gasteiger partial charge >= 0.3 is 0 Å². The molecular weight excluding hydrogens is 186 g/mol. The molecule has 0 fully saturated rings. The van der Waals surface area contributed by atoms with E-state index in [9.17, 15) is 0 Å². The van der Waals surface area contributed by atoms with Crippen molar-refractivity contribution in [3.63, 3.8) is 0 Å². The topological polar surface area (TPSA) is 42.2 Å². The SMILES string of the molecule is C#CCN(CC)c1ncccc1[C@H](C)N. The molecule has 0 aliphatic carbocycles. The zero-order valence-electron chi connectivity index (χ0n) is 9.27. The number of aromatic nitrogens is 1. The highest BCUT2D eigenvalue weighted by Crippen LogP contribution is 2.21. The number of hydrogen-bond donors (Lipinski definition) is 1. The first-order valence-electron chi connectivity index (χ1n) is 5.09. The molecule has 0 amide bonds. The van der Waals surface area contributed by atoms with Gasteiger partial charge in [0, 0.05) is 24.3 Å². The van der Waals surface area contributed by atoms with Crippen LogP contribution in [0.3, 0.4) is 0 Å². The van der Waals surface area contributed by atoms with E-state index in [1.807, 2.05) is 24.0 Å². The van der Waals surface area contributed by atoms with Gasteiger partial charge in [-0.2, -0.15) is 0 Å². The average molecular weight is 203 g/mol. The number of nitrogens with two attached hydrogens (primary N) is 1. The van der Waals surface area contributed by atoms with Gasteiger partial charge < -0.3 is 10.6 Å². The standard InChI is InChI=1S/C12H17N3/c1-4-9-15(5-2)12-11(10(3)13)7-6-8-14-12/h1,6-8,10H,5,9,13H2,2-3H3/t10-/m0/s1. The molecule has 1 heterocycles. The second-order valence-electron chi connectivity index (χ2n) is 3.42. The third-order valence-electron chi connectivity index (χ3n) is 2.27. The molecular formula is C12H17N3. The highest BCUT2D eigenvalue weighted by Gasteiger charge is 2.12. The lowest BCUT2D eigenvalue weighted by molar-refractivity contribution is 0.787. The molecule has 0 saturated carbocycles. The lowest BCUT2D eigenvalue weighted by Crippen LogP contribution is -2.26. The maximum absolute atomic E-state index is 5.88.